The van der Waals surface area contributed by atoms with Gasteiger partial charge in [0.15, 0.2) is 0 Å². The molecule has 0 bridgehead atoms. The fraction of sp³-hybridized carbons (Fsp3) is 0.500. The Kier molecular flexibility index (Phi) is 4.49. The quantitative estimate of drug-likeness (QED) is 0.871. The Hall–Kier alpha value is -2.09. The molecule has 2 aliphatic heterocycles. The molecule has 3 rings (SSSR count). The van der Waals surface area contributed by atoms with E-state index in [4.69, 9.17) is 10.5 Å². The summed E-state index contributed by atoms with van der Waals surface area (Å²) >= 11 is 0. The van der Waals surface area contributed by atoms with Crippen LogP contribution in [0.2, 0.25) is 0 Å². The molecule has 1 aromatic carbocycles. The van der Waals surface area contributed by atoms with Crippen molar-refractivity contribution < 1.29 is 17.9 Å². The van der Waals surface area contributed by atoms with Crippen LogP contribution in [0.25, 0.3) is 0 Å². The molecule has 0 radical (unpaired) electrons. The smallest absolute Gasteiger partial charge is 0.259 e. The molecule has 0 aliphatic carbocycles. The van der Waals surface area contributed by atoms with Gasteiger partial charge in [-0.25, -0.2) is 8.42 Å². The Labute approximate surface area is 141 Å². The van der Waals surface area contributed by atoms with Crippen molar-refractivity contribution in [1.29, 1.82) is 0 Å². The number of ether oxygens (including phenoxy) is 1. The zero-order valence-electron chi connectivity index (χ0n) is 13.6. The Morgan fingerprint density at radius 1 is 1.46 bits per heavy atom. The summed E-state index contributed by atoms with van der Waals surface area (Å²) in [7, 11) is -3.55. The molecule has 0 unspecified atom stereocenters. The molecule has 2 heterocycles. The molecule has 2 N–H and O–H groups in total. The first-order valence-corrected chi connectivity index (χ1v) is 9.55. The van der Waals surface area contributed by atoms with E-state index in [-0.39, 0.29) is 23.4 Å². The molecule has 24 heavy (non-hydrogen) atoms. The van der Waals surface area contributed by atoms with Gasteiger partial charge in [-0.3, -0.25) is 4.79 Å². The first-order valence-electron chi connectivity index (χ1n) is 7.94. The van der Waals surface area contributed by atoms with Crippen molar-refractivity contribution in [3.63, 3.8) is 0 Å². The number of likely N-dealkylation sites (tertiary alicyclic amines) is 1. The van der Waals surface area contributed by atoms with E-state index in [1.807, 2.05) is 4.90 Å². The number of rotatable bonds is 3. The van der Waals surface area contributed by atoms with Gasteiger partial charge in [0.1, 0.15) is 11.6 Å². The van der Waals surface area contributed by atoms with E-state index < -0.39 is 10.0 Å². The average Bonchev–Trinajstić information content (AvgIpc) is 2.51. The second kappa shape index (κ2) is 6.43. The predicted octanol–water partition coefficient (Wildman–Crippen LogP) is 0.873. The van der Waals surface area contributed by atoms with Crippen molar-refractivity contribution in [1.82, 2.24) is 4.90 Å². The number of hydrogen-bond donors (Lipinski definition) is 1. The highest BCUT2D eigenvalue weighted by molar-refractivity contribution is 7.89. The third kappa shape index (κ3) is 3.53. The monoisotopic (exact) mass is 351 g/mol. The van der Waals surface area contributed by atoms with E-state index in [2.05, 4.69) is 4.40 Å². The number of hydrogen-bond acceptors (Lipinski definition) is 5. The molecule has 0 aromatic heterocycles. The highest BCUT2D eigenvalue weighted by Crippen LogP contribution is 2.29. The largest absolute Gasteiger partial charge is 0.492 e. The van der Waals surface area contributed by atoms with E-state index in [0.717, 1.165) is 19.4 Å². The standard InChI is InChI=1S/C16H21N3O4S/c1-11(20)19-7-3-4-12(8-19)9-23-14-6-2-5-13-10-24(21,22)18-16(17)15(13)14/h2,5-6,12H,3-4,7-10H2,1H3,(H2,17,18)/t12-/m0/s1. The molecule has 1 saturated heterocycles. The van der Waals surface area contributed by atoms with Crippen LogP contribution in [0, 0.1) is 5.92 Å². The molecule has 7 nitrogen and oxygen atoms in total. The van der Waals surface area contributed by atoms with Gasteiger partial charge in [-0.2, -0.15) is 0 Å². The molecule has 1 aromatic rings. The topological polar surface area (TPSA) is 102 Å². The summed E-state index contributed by atoms with van der Waals surface area (Å²) in [4.78, 5) is 13.3. The number of amidine groups is 1. The van der Waals surface area contributed by atoms with Gasteiger partial charge in [0.05, 0.1) is 17.9 Å². The summed E-state index contributed by atoms with van der Waals surface area (Å²) in [6.45, 7) is 3.51. The minimum absolute atomic E-state index is 0.0270. The van der Waals surface area contributed by atoms with Crippen LogP contribution in [0.1, 0.15) is 30.9 Å². The number of benzene rings is 1. The molecule has 0 saturated carbocycles. The maximum Gasteiger partial charge on any atom is 0.259 e. The van der Waals surface area contributed by atoms with Crippen molar-refractivity contribution in [3.05, 3.63) is 29.3 Å². The number of nitrogens with zero attached hydrogens (tertiary/aromatic N) is 2. The van der Waals surface area contributed by atoms with Gasteiger partial charge in [0.25, 0.3) is 10.0 Å². The first kappa shape index (κ1) is 16.8. The van der Waals surface area contributed by atoms with E-state index in [1.54, 1.807) is 25.1 Å². The fourth-order valence-corrected chi connectivity index (χ4v) is 4.32. The van der Waals surface area contributed by atoms with Crippen LogP contribution in [-0.4, -0.2) is 44.8 Å². The molecule has 2 aliphatic rings. The van der Waals surface area contributed by atoms with E-state index in [1.165, 1.54) is 0 Å². The summed E-state index contributed by atoms with van der Waals surface area (Å²) in [5.74, 6) is 0.689. The Morgan fingerprint density at radius 2 is 2.25 bits per heavy atom. The van der Waals surface area contributed by atoms with Crippen molar-refractivity contribution in [2.75, 3.05) is 19.7 Å². The van der Waals surface area contributed by atoms with Crippen molar-refractivity contribution in [3.8, 4) is 5.75 Å². The van der Waals surface area contributed by atoms with E-state index >= 15 is 0 Å². The highest BCUT2D eigenvalue weighted by Gasteiger charge is 2.26. The van der Waals surface area contributed by atoms with Gasteiger partial charge < -0.3 is 15.4 Å². The Bertz CT molecular complexity index is 789. The maximum atomic E-state index is 11.7. The second-order valence-corrected chi connectivity index (χ2v) is 7.91. The lowest BCUT2D eigenvalue weighted by molar-refractivity contribution is -0.130. The van der Waals surface area contributed by atoms with Gasteiger partial charge >= 0.3 is 0 Å². The molecule has 8 heteroatoms. The normalized spacial score (nSPS) is 22.5. The van der Waals surface area contributed by atoms with Gasteiger partial charge in [-0.15, -0.1) is 4.40 Å². The van der Waals surface area contributed by atoms with E-state index in [9.17, 15) is 13.2 Å². The van der Waals surface area contributed by atoms with Gasteiger partial charge in [-0.05, 0) is 24.5 Å². The molecule has 0 spiro atoms. The summed E-state index contributed by atoms with van der Waals surface area (Å²) in [5, 5.41) is 0. The molecule has 1 fully saturated rings. The third-order valence-corrected chi connectivity index (χ3v) is 5.53. The van der Waals surface area contributed by atoms with Crippen molar-refractivity contribution >= 4 is 21.8 Å². The molecular weight excluding hydrogens is 330 g/mol. The lowest BCUT2D eigenvalue weighted by Gasteiger charge is -2.32. The Balaban J connectivity index is 1.74. The summed E-state index contributed by atoms with van der Waals surface area (Å²) in [5.41, 5.74) is 7.00. The predicted molar refractivity (Wildman–Crippen MR) is 90.3 cm³/mol. The van der Waals surface area contributed by atoms with Gasteiger partial charge in [-0.1, -0.05) is 12.1 Å². The highest BCUT2D eigenvalue weighted by atomic mass is 32.2. The zero-order chi connectivity index (χ0) is 17.3. The molecule has 1 amide bonds. The van der Waals surface area contributed by atoms with Crippen LogP contribution in [0.15, 0.2) is 22.6 Å². The number of amides is 1. The van der Waals surface area contributed by atoms with Crippen molar-refractivity contribution in [2.24, 2.45) is 16.0 Å². The van der Waals surface area contributed by atoms with Crippen molar-refractivity contribution in [2.45, 2.75) is 25.5 Å². The van der Waals surface area contributed by atoms with E-state index in [0.29, 0.717) is 30.0 Å². The van der Waals surface area contributed by atoms with Crippen LogP contribution in [0.3, 0.4) is 0 Å². The average molecular weight is 351 g/mol. The summed E-state index contributed by atoms with van der Waals surface area (Å²) < 4.78 is 32.9. The number of carbonyl (C=O) groups excluding carboxylic acids is 1. The second-order valence-electron chi connectivity index (χ2n) is 6.28. The number of piperidine rings is 1. The summed E-state index contributed by atoms with van der Waals surface area (Å²) in [6, 6.07) is 5.25. The maximum absolute atomic E-state index is 11.7. The number of nitrogens with two attached hydrogens (primary N) is 1. The molecule has 130 valence electrons. The third-order valence-electron chi connectivity index (χ3n) is 4.38. The van der Waals surface area contributed by atoms with Crippen LogP contribution in [-0.2, 0) is 20.6 Å². The molecule has 1 atom stereocenters. The van der Waals surface area contributed by atoms with Crippen LogP contribution >= 0.6 is 0 Å². The first-order chi connectivity index (χ1) is 11.4. The Morgan fingerprint density at radius 3 is 3.00 bits per heavy atom. The van der Waals surface area contributed by atoms with Crippen LogP contribution in [0.5, 0.6) is 5.75 Å². The van der Waals surface area contributed by atoms with Gasteiger partial charge in [0, 0.05) is 25.9 Å². The van der Waals surface area contributed by atoms with Crippen LogP contribution < -0.4 is 10.5 Å². The van der Waals surface area contributed by atoms with Crippen LogP contribution in [0.4, 0.5) is 0 Å². The fourth-order valence-electron chi connectivity index (χ4n) is 3.23. The number of carbonyl (C=O) groups is 1. The lowest BCUT2D eigenvalue weighted by atomic mass is 9.99. The summed E-state index contributed by atoms with van der Waals surface area (Å²) in [6.07, 6.45) is 1.96. The van der Waals surface area contributed by atoms with Gasteiger partial charge in [0.2, 0.25) is 5.91 Å². The minimum atomic E-state index is -3.55. The number of fused-ring (bicyclic) bond motifs is 1. The number of sulfonamides is 1. The SMILES string of the molecule is CC(=O)N1CCC[C@H](COc2cccc3c2C(N)=NS(=O)(=O)C3)C1. The lowest BCUT2D eigenvalue weighted by Crippen LogP contribution is -2.40. The zero-order valence-corrected chi connectivity index (χ0v) is 14.4. The minimum Gasteiger partial charge on any atom is -0.492 e. The molecular formula is C16H21N3O4S.